The zero-order valence-electron chi connectivity index (χ0n) is 11.4. The summed E-state index contributed by atoms with van der Waals surface area (Å²) in [7, 11) is 0. The molecule has 18 heavy (non-hydrogen) atoms. The zero-order chi connectivity index (χ0) is 13.5. The van der Waals surface area contributed by atoms with E-state index < -0.39 is 0 Å². The molecule has 0 saturated heterocycles. The van der Waals surface area contributed by atoms with Crippen LogP contribution in [-0.4, -0.2) is 10.5 Å². The number of hydrogen-bond donors (Lipinski definition) is 1. The monoisotopic (exact) mass is 244 g/mol. The van der Waals surface area contributed by atoms with Gasteiger partial charge in [-0.15, -0.1) is 0 Å². The van der Waals surface area contributed by atoms with Crippen molar-refractivity contribution >= 4 is 16.8 Å². The molecule has 0 bridgehead atoms. The predicted molar refractivity (Wildman–Crippen MR) is 74.6 cm³/mol. The molecule has 2 aromatic rings. The van der Waals surface area contributed by atoms with Gasteiger partial charge in [-0.3, -0.25) is 9.36 Å². The highest BCUT2D eigenvalue weighted by Crippen LogP contribution is 2.35. The molecule has 0 radical (unpaired) electrons. The van der Waals surface area contributed by atoms with Crippen LogP contribution in [0.25, 0.3) is 10.9 Å². The molecule has 0 amide bonds. The second kappa shape index (κ2) is 4.25. The Morgan fingerprint density at radius 3 is 2.44 bits per heavy atom. The van der Waals surface area contributed by atoms with Crippen LogP contribution in [0.4, 0.5) is 0 Å². The number of hydrogen-bond acceptors (Lipinski definition) is 2. The number of carbonyl (C=O) groups is 1. The lowest BCUT2D eigenvalue weighted by atomic mass is 9.83. The third-order valence-electron chi connectivity index (χ3n) is 3.35. The quantitative estimate of drug-likeness (QED) is 0.836. The summed E-state index contributed by atoms with van der Waals surface area (Å²) >= 11 is 0. The lowest BCUT2D eigenvalue weighted by Gasteiger charge is -2.26. The Morgan fingerprint density at radius 2 is 1.89 bits per heavy atom. The maximum Gasteiger partial charge on any atom is 0.227 e. The smallest absolute Gasteiger partial charge is 0.227 e. The minimum absolute atomic E-state index is 0.0126. The Hall–Kier alpha value is -1.61. The van der Waals surface area contributed by atoms with Gasteiger partial charge in [0.15, 0.2) is 0 Å². The van der Waals surface area contributed by atoms with E-state index in [0.29, 0.717) is 0 Å². The first-order valence-corrected chi connectivity index (χ1v) is 6.19. The Labute approximate surface area is 108 Å². The van der Waals surface area contributed by atoms with Gasteiger partial charge in [0.1, 0.15) is 0 Å². The molecule has 1 aromatic carbocycles. The van der Waals surface area contributed by atoms with Gasteiger partial charge in [0.05, 0.1) is 5.52 Å². The van der Waals surface area contributed by atoms with Crippen LogP contribution in [0.3, 0.4) is 0 Å². The van der Waals surface area contributed by atoms with Gasteiger partial charge in [0.25, 0.3) is 0 Å². The van der Waals surface area contributed by atoms with Crippen molar-refractivity contribution in [3.63, 3.8) is 0 Å². The maximum atomic E-state index is 11.7. The third-order valence-corrected chi connectivity index (χ3v) is 3.35. The normalized spacial score (nSPS) is 13.8. The maximum absolute atomic E-state index is 11.7. The van der Waals surface area contributed by atoms with Gasteiger partial charge >= 0.3 is 0 Å². The molecule has 1 heterocycles. The molecule has 0 aliphatic rings. The van der Waals surface area contributed by atoms with E-state index in [1.807, 2.05) is 30.5 Å². The second-order valence-electron chi connectivity index (χ2n) is 5.83. The van der Waals surface area contributed by atoms with E-state index in [1.165, 1.54) is 0 Å². The first-order chi connectivity index (χ1) is 8.32. The fraction of sp³-hybridized carbons (Fsp3) is 0.400. The largest absolute Gasteiger partial charge is 0.323 e. The average Bonchev–Trinajstić information content (AvgIpc) is 2.66. The number of nitrogens with zero attached hydrogens (tertiary/aromatic N) is 1. The highest BCUT2D eigenvalue weighted by molar-refractivity contribution is 5.93. The molecule has 0 fully saturated rings. The molecule has 3 heteroatoms. The highest BCUT2D eigenvalue weighted by Gasteiger charge is 2.26. The summed E-state index contributed by atoms with van der Waals surface area (Å²) in [6.07, 6.45) is 1.88. The van der Waals surface area contributed by atoms with Crippen molar-refractivity contribution in [3.05, 3.63) is 36.0 Å². The van der Waals surface area contributed by atoms with E-state index in [-0.39, 0.29) is 17.4 Å². The number of carbonyl (C=O) groups excluding carboxylic acids is 1. The molecule has 2 rings (SSSR count). The van der Waals surface area contributed by atoms with Crippen LogP contribution in [-0.2, 0) is 0 Å². The van der Waals surface area contributed by atoms with Gasteiger partial charge in [-0.2, -0.15) is 0 Å². The van der Waals surface area contributed by atoms with E-state index in [2.05, 4.69) is 20.8 Å². The first-order valence-electron chi connectivity index (χ1n) is 6.19. The number of para-hydroxylation sites is 1. The Bertz CT molecular complexity index is 590. The van der Waals surface area contributed by atoms with E-state index in [9.17, 15) is 4.79 Å². The van der Waals surface area contributed by atoms with Crippen molar-refractivity contribution in [1.29, 1.82) is 0 Å². The SMILES string of the molecule is CC(=O)n1cc([C@@H](N)C(C)(C)C)c2ccccc21. The van der Waals surface area contributed by atoms with Crippen LogP contribution in [0.5, 0.6) is 0 Å². The first kappa shape index (κ1) is 12.8. The molecule has 96 valence electrons. The third kappa shape index (κ3) is 2.06. The van der Waals surface area contributed by atoms with Crippen LogP contribution in [0.15, 0.2) is 30.5 Å². The fourth-order valence-electron chi connectivity index (χ4n) is 2.18. The number of rotatable bonds is 1. The average molecular weight is 244 g/mol. The van der Waals surface area contributed by atoms with Crippen molar-refractivity contribution in [2.45, 2.75) is 33.7 Å². The number of aromatic nitrogens is 1. The van der Waals surface area contributed by atoms with Gasteiger partial charge in [-0.25, -0.2) is 0 Å². The molecule has 0 saturated carbocycles. The van der Waals surface area contributed by atoms with Gasteiger partial charge < -0.3 is 5.73 Å². The summed E-state index contributed by atoms with van der Waals surface area (Å²) in [5, 5.41) is 1.06. The second-order valence-corrected chi connectivity index (χ2v) is 5.83. The number of nitrogens with two attached hydrogens (primary N) is 1. The Balaban J connectivity index is 2.69. The molecule has 2 N–H and O–H groups in total. The number of fused-ring (bicyclic) bond motifs is 1. The molecule has 0 unspecified atom stereocenters. The summed E-state index contributed by atoms with van der Waals surface area (Å²) in [6, 6.07) is 7.80. The van der Waals surface area contributed by atoms with Crippen LogP contribution in [0, 0.1) is 5.41 Å². The highest BCUT2D eigenvalue weighted by atomic mass is 16.1. The lowest BCUT2D eigenvalue weighted by Crippen LogP contribution is -2.26. The van der Waals surface area contributed by atoms with Gasteiger partial charge in [-0.05, 0) is 17.0 Å². The van der Waals surface area contributed by atoms with Crippen LogP contribution in [0.1, 0.15) is 44.1 Å². The van der Waals surface area contributed by atoms with Crippen molar-refractivity contribution in [2.75, 3.05) is 0 Å². The van der Waals surface area contributed by atoms with Crippen LogP contribution < -0.4 is 5.73 Å². The minimum atomic E-state index is -0.0944. The van der Waals surface area contributed by atoms with Gasteiger partial charge in [0.2, 0.25) is 5.91 Å². The lowest BCUT2D eigenvalue weighted by molar-refractivity contribution is 0.0941. The summed E-state index contributed by atoms with van der Waals surface area (Å²) < 4.78 is 1.68. The van der Waals surface area contributed by atoms with E-state index in [0.717, 1.165) is 16.5 Å². The van der Waals surface area contributed by atoms with E-state index in [4.69, 9.17) is 5.73 Å². The van der Waals surface area contributed by atoms with Gasteiger partial charge in [-0.1, -0.05) is 39.0 Å². The van der Waals surface area contributed by atoms with Crippen molar-refractivity contribution in [3.8, 4) is 0 Å². The Morgan fingerprint density at radius 1 is 1.28 bits per heavy atom. The fourth-order valence-corrected chi connectivity index (χ4v) is 2.18. The van der Waals surface area contributed by atoms with Crippen molar-refractivity contribution < 1.29 is 4.79 Å². The topological polar surface area (TPSA) is 48.0 Å². The van der Waals surface area contributed by atoms with E-state index >= 15 is 0 Å². The molecule has 1 aromatic heterocycles. The standard InChI is InChI=1S/C15H20N2O/c1-10(18)17-9-12(14(16)15(2,3)4)11-7-5-6-8-13(11)17/h5-9,14H,16H2,1-4H3/t14-/m1/s1. The Kier molecular flexibility index (Phi) is 3.03. The minimum Gasteiger partial charge on any atom is -0.323 e. The van der Waals surface area contributed by atoms with Gasteiger partial charge in [0, 0.05) is 24.5 Å². The summed E-state index contributed by atoms with van der Waals surface area (Å²) in [4.78, 5) is 11.7. The van der Waals surface area contributed by atoms with Crippen molar-refractivity contribution in [2.24, 2.45) is 11.1 Å². The number of benzene rings is 1. The molecule has 0 aliphatic heterocycles. The molecule has 3 nitrogen and oxygen atoms in total. The summed E-state index contributed by atoms with van der Waals surface area (Å²) in [6.45, 7) is 7.89. The van der Waals surface area contributed by atoms with Crippen molar-refractivity contribution in [1.82, 2.24) is 4.57 Å². The summed E-state index contributed by atoms with van der Waals surface area (Å²) in [5.74, 6) is 0.0126. The summed E-state index contributed by atoms with van der Waals surface area (Å²) in [5.41, 5.74) is 8.26. The molecule has 0 aliphatic carbocycles. The molecule has 0 spiro atoms. The van der Waals surface area contributed by atoms with Crippen LogP contribution in [0.2, 0.25) is 0 Å². The van der Waals surface area contributed by atoms with E-state index in [1.54, 1.807) is 11.5 Å². The predicted octanol–water partition coefficient (Wildman–Crippen LogP) is 3.35. The van der Waals surface area contributed by atoms with Crippen LogP contribution >= 0.6 is 0 Å². The molecular formula is C15H20N2O. The molecular weight excluding hydrogens is 224 g/mol. The zero-order valence-corrected chi connectivity index (χ0v) is 11.4. The molecule has 1 atom stereocenters.